The molecule has 0 atom stereocenters. The largest absolute Gasteiger partial charge is 0.322 e. The molecule has 10 heteroatoms. The van der Waals surface area contributed by atoms with Crippen molar-refractivity contribution in [2.24, 2.45) is 0 Å². The standard InChI is InChI=1S/C25H18BrClN4O3S/c26-19-6-4-18(5-7-19)24(32)29-21-11-13-23(14-12-21)35(33,34)31-25-28-16-15-22(30-25)10-3-17-1-8-20(27)9-2-17/h1-16H,(H,29,32)(H,28,30,31). The summed E-state index contributed by atoms with van der Waals surface area (Å²) >= 11 is 9.22. The third kappa shape index (κ3) is 6.75. The van der Waals surface area contributed by atoms with Crippen molar-refractivity contribution in [1.82, 2.24) is 9.97 Å². The summed E-state index contributed by atoms with van der Waals surface area (Å²) in [7, 11) is -3.94. The molecule has 4 aromatic rings. The summed E-state index contributed by atoms with van der Waals surface area (Å²) in [4.78, 5) is 20.6. The van der Waals surface area contributed by atoms with Gasteiger partial charge in [0.1, 0.15) is 0 Å². The average molecular weight is 570 g/mol. The van der Waals surface area contributed by atoms with Gasteiger partial charge < -0.3 is 5.32 Å². The van der Waals surface area contributed by atoms with Gasteiger partial charge in [0.15, 0.2) is 0 Å². The quantitative estimate of drug-likeness (QED) is 0.279. The highest BCUT2D eigenvalue weighted by atomic mass is 79.9. The van der Waals surface area contributed by atoms with Crippen molar-refractivity contribution in [3.63, 3.8) is 0 Å². The summed E-state index contributed by atoms with van der Waals surface area (Å²) in [6.07, 6.45) is 5.04. The van der Waals surface area contributed by atoms with Crippen LogP contribution in [0.4, 0.5) is 11.6 Å². The Morgan fingerprint density at radius 2 is 1.57 bits per heavy atom. The number of aromatic nitrogens is 2. The van der Waals surface area contributed by atoms with Crippen LogP contribution in [0, 0.1) is 0 Å². The first-order chi connectivity index (χ1) is 16.8. The molecule has 0 saturated carbocycles. The summed E-state index contributed by atoms with van der Waals surface area (Å²) in [5.74, 6) is -0.362. The SMILES string of the molecule is O=C(Nc1ccc(S(=O)(=O)Nc2nccc(C=Cc3ccc(Cl)cc3)n2)cc1)c1ccc(Br)cc1. The Morgan fingerprint density at radius 1 is 0.886 bits per heavy atom. The summed E-state index contributed by atoms with van der Waals surface area (Å²) < 4.78 is 28.8. The second-order valence-electron chi connectivity index (χ2n) is 7.28. The van der Waals surface area contributed by atoms with Crippen LogP contribution < -0.4 is 10.0 Å². The van der Waals surface area contributed by atoms with E-state index in [1.807, 2.05) is 18.2 Å². The van der Waals surface area contributed by atoms with Gasteiger partial charge in [-0.3, -0.25) is 4.79 Å². The molecule has 4 rings (SSSR count). The van der Waals surface area contributed by atoms with Crippen molar-refractivity contribution in [2.75, 3.05) is 10.0 Å². The molecule has 0 aliphatic heterocycles. The molecule has 7 nitrogen and oxygen atoms in total. The number of hydrogen-bond acceptors (Lipinski definition) is 5. The molecule has 0 bridgehead atoms. The molecular weight excluding hydrogens is 552 g/mol. The maximum Gasteiger partial charge on any atom is 0.264 e. The van der Waals surface area contributed by atoms with Gasteiger partial charge in [0.25, 0.3) is 15.9 Å². The number of benzene rings is 3. The number of carbonyl (C=O) groups excluding carboxylic acids is 1. The van der Waals surface area contributed by atoms with E-state index in [2.05, 4.69) is 35.9 Å². The summed E-state index contributed by atoms with van der Waals surface area (Å²) in [5.41, 5.74) is 2.39. The molecule has 1 amide bonds. The molecule has 176 valence electrons. The van der Waals surface area contributed by atoms with E-state index in [1.165, 1.54) is 30.5 Å². The topological polar surface area (TPSA) is 101 Å². The Balaban J connectivity index is 1.43. The lowest BCUT2D eigenvalue weighted by atomic mass is 10.2. The third-order valence-corrected chi connectivity index (χ3v) is 6.87. The smallest absolute Gasteiger partial charge is 0.264 e. The fourth-order valence-corrected chi connectivity index (χ4v) is 4.31. The highest BCUT2D eigenvalue weighted by Crippen LogP contribution is 2.19. The van der Waals surface area contributed by atoms with E-state index in [0.29, 0.717) is 22.0 Å². The van der Waals surface area contributed by atoms with Gasteiger partial charge in [-0.15, -0.1) is 0 Å². The molecule has 0 aliphatic rings. The van der Waals surface area contributed by atoms with E-state index < -0.39 is 10.0 Å². The molecule has 0 radical (unpaired) electrons. The van der Waals surface area contributed by atoms with Gasteiger partial charge in [-0.1, -0.05) is 45.7 Å². The molecule has 35 heavy (non-hydrogen) atoms. The van der Waals surface area contributed by atoms with Crippen LogP contribution in [0.15, 0.2) is 94.4 Å². The number of halogens is 2. The minimum Gasteiger partial charge on any atom is -0.322 e. The van der Waals surface area contributed by atoms with E-state index in [-0.39, 0.29) is 16.8 Å². The maximum atomic E-state index is 12.8. The van der Waals surface area contributed by atoms with E-state index in [4.69, 9.17) is 11.6 Å². The normalized spacial score (nSPS) is 11.4. The Hall–Kier alpha value is -3.53. The van der Waals surface area contributed by atoms with Crippen molar-refractivity contribution in [3.8, 4) is 0 Å². The number of sulfonamides is 1. The lowest BCUT2D eigenvalue weighted by molar-refractivity contribution is 0.102. The number of nitrogens with zero attached hydrogens (tertiary/aromatic N) is 2. The van der Waals surface area contributed by atoms with Crippen LogP contribution in [-0.2, 0) is 10.0 Å². The zero-order valence-electron chi connectivity index (χ0n) is 18.0. The van der Waals surface area contributed by atoms with Crippen molar-refractivity contribution < 1.29 is 13.2 Å². The van der Waals surface area contributed by atoms with E-state index in [9.17, 15) is 13.2 Å². The molecule has 3 aromatic carbocycles. The zero-order chi connectivity index (χ0) is 24.8. The van der Waals surface area contributed by atoms with Gasteiger partial charge >= 0.3 is 0 Å². The van der Waals surface area contributed by atoms with Crippen LogP contribution in [0.25, 0.3) is 12.2 Å². The lowest BCUT2D eigenvalue weighted by Crippen LogP contribution is -2.16. The highest BCUT2D eigenvalue weighted by Gasteiger charge is 2.16. The fourth-order valence-electron chi connectivity index (χ4n) is 2.97. The monoisotopic (exact) mass is 568 g/mol. The first-order valence-corrected chi connectivity index (χ1v) is 12.9. The Labute approximate surface area is 216 Å². The Bertz CT molecular complexity index is 1470. The van der Waals surface area contributed by atoms with Crippen molar-refractivity contribution >= 4 is 67.2 Å². The third-order valence-electron chi connectivity index (χ3n) is 4.75. The molecule has 1 heterocycles. The second-order valence-corrected chi connectivity index (χ2v) is 10.3. The Kier molecular flexibility index (Phi) is 7.60. The number of hydrogen-bond donors (Lipinski definition) is 2. The highest BCUT2D eigenvalue weighted by molar-refractivity contribution is 9.10. The van der Waals surface area contributed by atoms with Gasteiger partial charge in [0, 0.05) is 26.9 Å². The number of carbonyl (C=O) groups is 1. The Morgan fingerprint density at radius 3 is 2.26 bits per heavy atom. The van der Waals surface area contributed by atoms with Crippen LogP contribution in [0.1, 0.15) is 21.6 Å². The van der Waals surface area contributed by atoms with Gasteiger partial charge in [0.2, 0.25) is 5.95 Å². The predicted octanol–water partition coefficient (Wildman–Crippen LogP) is 6.12. The van der Waals surface area contributed by atoms with E-state index in [1.54, 1.807) is 48.5 Å². The van der Waals surface area contributed by atoms with Crippen LogP contribution in [0.3, 0.4) is 0 Å². The number of rotatable bonds is 7. The number of amides is 1. The first-order valence-electron chi connectivity index (χ1n) is 10.2. The van der Waals surface area contributed by atoms with Gasteiger partial charge in [0.05, 0.1) is 10.6 Å². The molecule has 0 spiro atoms. The number of nitrogens with one attached hydrogen (secondary N) is 2. The van der Waals surface area contributed by atoms with Crippen molar-refractivity contribution in [3.05, 3.63) is 111 Å². The summed E-state index contributed by atoms with van der Waals surface area (Å²) in [6, 6.07) is 21.6. The van der Waals surface area contributed by atoms with Crippen LogP contribution in [0.2, 0.25) is 5.02 Å². The number of anilines is 2. The minimum atomic E-state index is -3.94. The molecule has 2 N–H and O–H groups in total. The van der Waals surface area contributed by atoms with E-state index >= 15 is 0 Å². The molecule has 0 fully saturated rings. The predicted molar refractivity (Wildman–Crippen MR) is 142 cm³/mol. The van der Waals surface area contributed by atoms with Crippen molar-refractivity contribution in [1.29, 1.82) is 0 Å². The van der Waals surface area contributed by atoms with Gasteiger partial charge in [-0.25, -0.2) is 23.1 Å². The second kappa shape index (κ2) is 10.8. The fraction of sp³-hybridized carbons (Fsp3) is 0. The molecule has 0 unspecified atom stereocenters. The van der Waals surface area contributed by atoms with Crippen LogP contribution >= 0.6 is 27.5 Å². The summed E-state index contributed by atoms with van der Waals surface area (Å²) in [6.45, 7) is 0. The van der Waals surface area contributed by atoms with Gasteiger partial charge in [-0.05, 0) is 78.4 Å². The van der Waals surface area contributed by atoms with Crippen LogP contribution in [-0.4, -0.2) is 24.3 Å². The zero-order valence-corrected chi connectivity index (χ0v) is 21.2. The minimum absolute atomic E-state index is 0.00449. The van der Waals surface area contributed by atoms with Crippen LogP contribution in [0.5, 0.6) is 0 Å². The maximum absolute atomic E-state index is 12.8. The lowest BCUT2D eigenvalue weighted by Gasteiger charge is -2.09. The summed E-state index contributed by atoms with van der Waals surface area (Å²) in [5, 5.41) is 3.37. The molecule has 1 aromatic heterocycles. The van der Waals surface area contributed by atoms with E-state index in [0.717, 1.165) is 10.0 Å². The van der Waals surface area contributed by atoms with Gasteiger partial charge in [-0.2, -0.15) is 0 Å². The molecule has 0 saturated heterocycles. The molecular formula is C25H18BrClN4O3S. The molecule has 0 aliphatic carbocycles. The average Bonchev–Trinajstić information content (AvgIpc) is 2.84. The first kappa shape index (κ1) is 24.6. The van der Waals surface area contributed by atoms with Crippen molar-refractivity contribution in [2.45, 2.75) is 4.90 Å².